The molecule has 0 radical (unpaired) electrons. The number of hydrogen-bond donors (Lipinski definition) is 2. The molecule has 0 fully saturated rings. The molecule has 0 spiro atoms. The summed E-state index contributed by atoms with van der Waals surface area (Å²) in [6.07, 6.45) is 2.30. The van der Waals surface area contributed by atoms with E-state index in [1.165, 1.54) is 6.07 Å². The van der Waals surface area contributed by atoms with E-state index in [4.69, 9.17) is 9.15 Å². The number of carbonyl (C=O) groups is 2. The van der Waals surface area contributed by atoms with Crippen LogP contribution < -0.4 is 15.6 Å². The number of hydrogen-bond acceptors (Lipinski definition) is 5. The maximum atomic E-state index is 12.7. The highest BCUT2D eigenvalue weighted by atomic mass is 16.5. The molecule has 1 atom stereocenters. The van der Waals surface area contributed by atoms with Gasteiger partial charge in [-0.25, -0.2) is 0 Å². The number of ketones is 1. The fourth-order valence-electron chi connectivity index (χ4n) is 3.57. The molecule has 0 saturated heterocycles. The van der Waals surface area contributed by atoms with Crippen molar-refractivity contribution in [1.29, 1.82) is 0 Å². The van der Waals surface area contributed by atoms with Crippen molar-refractivity contribution in [2.24, 2.45) is 0 Å². The van der Waals surface area contributed by atoms with Gasteiger partial charge in [-0.05, 0) is 43.7 Å². The highest BCUT2D eigenvalue weighted by molar-refractivity contribution is 6.07. The van der Waals surface area contributed by atoms with Crippen LogP contribution in [0.2, 0.25) is 0 Å². The van der Waals surface area contributed by atoms with Crippen LogP contribution in [0.5, 0.6) is 5.75 Å². The number of fused-ring (bicyclic) bond motifs is 1. The average molecular weight is 392 g/mol. The first-order valence-electron chi connectivity index (χ1n) is 9.42. The summed E-state index contributed by atoms with van der Waals surface area (Å²) in [7, 11) is 0. The molecular formula is C22H20N2O5. The highest BCUT2D eigenvalue weighted by Gasteiger charge is 2.30. The van der Waals surface area contributed by atoms with Crippen molar-refractivity contribution in [2.45, 2.75) is 25.7 Å². The number of ether oxygens (including phenoxy) is 1. The molecule has 1 aliphatic carbocycles. The fraction of sp³-hybridized carbons (Fsp3) is 0.227. The number of Topliss-reactive ketones (excluding diaryl/α,β-unsaturated/α-hetero) is 1. The van der Waals surface area contributed by atoms with Crippen LogP contribution in [0.4, 0.5) is 5.69 Å². The van der Waals surface area contributed by atoms with Crippen molar-refractivity contribution >= 4 is 17.4 Å². The van der Waals surface area contributed by atoms with Crippen LogP contribution in [0.15, 0.2) is 57.9 Å². The molecule has 29 heavy (non-hydrogen) atoms. The molecule has 148 valence electrons. The summed E-state index contributed by atoms with van der Waals surface area (Å²) >= 11 is 0. The number of H-pyrrole nitrogens is 1. The Hall–Kier alpha value is -3.61. The number of benzene rings is 1. The van der Waals surface area contributed by atoms with E-state index < -0.39 is 11.5 Å². The second-order valence-corrected chi connectivity index (χ2v) is 6.83. The maximum absolute atomic E-state index is 12.7. The summed E-state index contributed by atoms with van der Waals surface area (Å²) in [6, 6.07) is 11.9. The summed E-state index contributed by atoms with van der Waals surface area (Å²) in [5.74, 6) is 0.363. The number of aromatic amines is 1. The zero-order chi connectivity index (χ0) is 20.4. The molecule has 1 amide bonds. The Morgan fingerprint density at radius 3 is 2.79 bits per heavy atom. The number of carbonyl (C=O) groups excluding carboxylic acids is 2. The summed E-state index contributed by atoms with van der Waals surface area (Å²) in [5, 5.41) is 2.70. The van der Waals surface area contributed by atoms with Crippen LogP contribution in [-0.2, 0) is 6.42 Å². The van der Waals surface area contributed by atoms with Crippen molar-refractivity contribution < 1.29 is 18.7 Å². The predicted octanol–water partition coefficient (Wildman–Crippen LogP) is 3.53. The molecule has 0 unspecified atom stereocenters. The minimum atomic E-state index is -0.595. The lowest BCUT2D eigenvalue weighted by atomic mass is 9.84. The number of anilines is 1. The Bertz CT molecular complexity index is 1110. The molecule has 3 aromatic rings. The third-order valence-electron chi connectivity index (χ3n) is 4.93. The molecular weight excluding hydrogens is 372 g/mol. The van der Waals surface area contributed by atoms with E-state index in [-0.39, 0.29) is 23.7 Å². The summed E-state index contributed by atoms with van der Waals surface area (Å²) in [5.41, 5.74) is 0.707. The molecule has 2 N–H and O–H groups in total. The van der Waals surface area contributed by atoms with E-state index in [0.29, 0.717) is 41.5 Å². The Labute approximate surface area is 166 Å². The molecule has 2 aromatic heterocycles. The zero-order valence-electron chi connectivity index (χ0n) is 15.9. The van der Waals surface area contributed by atoms with Crippen molar-refractivity contribution in [1.82, 2.24) is 4.98 Å². The first-order chi connectivity index (χ1) is 14.1. The number of nitrogens with one attached hydrogen (secondary N) is 2. The molecule has 0 aliphatic heterocycles. The highest BCUT2D eigenvalue weighted by Crippen LogP contribution is 2.32. The van der Waals surface area contributed by atoms with Gasteiger partial charge in [-0.15, -0.1) is 0 Å². The number of rotatable bonds is 5. The molecule has 1 aromatic carbocycles. The number of para-hydroxylation sites is 2. The van der Waals surface area contributed by atoms with Crippen LogP contribution in [0.1, 0.15) is 51.4 Å². The second kappa shape index (κ2) is 7.79. The van der Waals surface area contributed by atoms with Gasteiger partial charge in [-0.1, -0.05) is 12.1 Å². The van der Waals surface area contributed by atoms with Crippen molar-refractivity contribution in [3.05, 3.63) is 81.7 Å². The zero-order valence-corrected chi connectivity index (χ0v) is 15.9. The number of aromatic nitrogens is 1. The number of pyridine rings is 1. The molecule has 7 nitrogen and oxygen atoms in total. The van der Waals surface area contributed by atoms with Gasteiger partial charge in [-0.3, -0.25) is 14.4 Å². The lowest BCUT2D eigenvalue weighted by Crippen LogP contribution is -2.29. The molecule has 0 bridgehead atoms. The van der Waals surface area contributed by atoms with E-state index in [0.717, 1.165) is 0 Å². The average Bonchev–Trinajstić information content (AvgIpc) is 3.24. The summed E-state index contributed by atoms with van der Waals surface area (Å²) in [6.45, 7) is 2.28. The standard InChI is InChI=1S/C22H20N2O5/c1-2-28-20-7-4-3-6-16(20)23-21(26)15-12-14-17(24-22(15)27)10-13(11-18(14)25)19-8-5-9-29-19/h3-9,12-13H,2,10-11H2,1H3,(H,23,26)(H,24,27)/t13-/m1/s1. The lowest BCUT2D eigenvalue weighted by molar-refractivity contribution is 0.0959. The van der Waals surface area contributed by atoms with Gasteiger partial charge >= 0.3 is 0 Å². The van der Waals surface area contributed by atoms with E-state index in [2.05, 4.69) is 10.3 Å². The van der Waals surface area contributed by atoms with E-state index in [1.54, 1.807) is 36.6 Å². The minimum absolute atomic E-state index is 0.111. The number of amides is 1. The van der Waals surface area contributed by atoms with Crippen LogP contribution in [-0.4, -0.2) is 23.3 Å². The van der Waals surface area contributed by atoms with Gasteiger partial charge in [-0.2, -0.15) is 0 Å². The largest absolute Gasteiger partial charge is 0.492 e. The van der Waals surface area contributed by atoms with Crippen molar-refractivity contribution in [3.8, 4) is 5.75 Å². The number of furan rings is 1. The maximum Gasteiger partial charge on any atom is 0.261 e. The van der Waals surface area contributed by atoms with Gasteiger partial charge in [0.1, 0.15) is 17.1 Å². The van der Waals surface area contributed by atoms with E-state index >= 15 is 0 Å². The monoisotopic (exact) mass is 392 g/mol. The normalized spacial score (nSPS) is 15.6. The van der Waals surface area contributed by atoms with Gasteiger partial charge in [0.25, 0.3) is 11.5 Å². The predicted molar refractivity (Wildman–Crippen MR) is 107 cm³/mol. The van der Waals surface area contributed by atoms with Crippen LogP contribution in [0.3, 0.4) is 0 Å². The third-order valence-corrected chi connectivity index (χ3v) is 4.93. The van der Waals surface area contributed by atoms with Crippen LogP contribution in [0, 0.1) is 0 Å². The molecule has 2 heterocycles. The van der Waals surface area contributed by atoms with Gasteiger partial charge in [0.15, 0.2) is 5.78 Å². The van der Waals surface area contributed by atoms with Gasteiger partial charge in [0, 0.05) is 23.6 Å². The van der Waals surface area contributed by atoms with E-state index in [9.17, 15) is 14.4 Å². The molecule has 7 heteroatoms. The first kappa shape index (κ1) is 18.7. The molecule has 4 rings (SSSR count). The van der Waals surface area contributed by atoms with Crippen molar-refractivity contribution in [3.63, 3.8) is 0 Å². The molecule has 0 saturated carbocycles. The van der Waals surface area contributed by atoms with Crippen molar-refractivity contribution in [2.75, 3.05) is 11.9 Å². The van der Waals surface area contributed by atoms with Crippen LogP contribution >= 0.6 is 0 Å². The topological polar surface area (TPSA) is 101 Å². The minimum Gasteiger partial charge on any atom is -0.492 e. The fourth-order valence-corrected chi connectivity index (χ4v) is 3.57. The van der Waals surface area contributed by atoms with Crippen LogP contribution in [0.25, 0.3) is 0 Å². The second-order valence-electron chi connectivity index (χ2n) is 6.83. The third kappa shape index (κ3) is 3.71. The summed E-state index contributed by atoms with van der Waals surface area (Å²) < 4.78 is 10.9. The van der Waals surface area contributed by atoms with Gasteiger partial charge < -0.3 is 19.5 Å². The Morgan fingerprint density at radius 1 is 1.21 bits per heavy atom. The van der Waals surface area contributed by atoms with Gasteiger partial charge in [0.05, 0.1) is 18.6 Å². The smallest absolute Gasteiger partial charge is 0.261 e. The van der Waals surface area contributed by atoms with E-state index in [1.807, 2.05) is 13.0 Å². The first-order valence-corrected chi connectivity index (χ1v) is 9.42. The molecule has 1 aliphatic rings. The Morgan fingerprint density at radius 2 is 2.03 bits per heavy atom. The Balaban J connectivity index is 1.62. The lowest BCUT2D eigenvalue weighted by Gasteiger charge is -2.22. The summed E-state index contributed by atoms with van der Waals surface area (Å²) in [4.78, 5) is 40.6. The SMILES string of the molecule is CCOc1ccccc1NC(=O)c1cc2c([nH]c1=O)C[C@@H](c1ccco1)CC2=O. The quantitative estimate of drug-likeness (QED) is 0.692. The van der Waals surface area contributed by atoms with Gasteiger partial charge in [0.2, 0.25) is 0 Å². The Kier molecular flexibility index (Phi) is 5.03.